The van der Waals surface area contributed by atoms with Gasteiger partial charge in [-0.1, -0.05) is 348 Å². The topological polar surface area (TPSA) is 380 Å². The summed E-state index contributed by atoms with van der Waals surface area (Å²) in [5, 5.41) is 102. The van der Waals surface area contributed by atoms with Gasteiger partial charge >= 0.3 is 31.7 Å². The summed E-state index contributed by atoms with van der Waals surface area (Å²) in [6, 6.07) is 0. The van der Waals surface area contributed by atoms with E-state index in [2.05, 4.69) is 39.8 Å². The van der Waals surface area contributed by atoms with Crippen molar-refractivity contribution in [3.05, 3.63) is 12.2 Å². The van der Waals surface area contributed by atoms with Crippen LogP contribution in [-0.2, 0) is 70.7 Å². The molecule has 2 saturated heterocycles. The number of allylic oxidation sites excluding steroid dienone is 2. The monoisotopic (exact) mass is 1690 g/mol. The van der Waals surface area contributed by atoms with Gasteiger partial charge in [-0.15, -0.1) is 0 Å². The minimum absolute atomic E-state index is 0.0111. The zero-order valence-electron chi connectivity index (χ0n) is 73.3. The van der Waals surface area contributed by atoms with E-state index in [-0.39, 0.29) is 25.7 Å². The van der Waals surface area contributed by atoms with Gasteiger partial charge in [-0.25, -0.2) is 4.57 Å². The summed E-state index contributed by atoms with van der Waals surface area (Å²) in [6.45, 7) is 5.61. The summed E-state index contributed by atoms with van der Waals surface area (Å²) in [7, 11) is -5.80. The Morgan fingerprint density at radius 2 is 0.641 bits per heavy atom. The second kappa shape index (κ2) is 70.5. The molecule has 0 aromatic carbocycles. The minimum Gasteiger partial charge on any atom is -0.463 e. The van der Waals surface area contributed by atoms with Crippen molar-refractivity contribution in [3.8, 4) is 0 Å². The lowest BCUT2D eigenvalue weighted by atomic mass is 9.84. The predicted molar refractivity (Wildman–Crippen MR) is 453 cm³/mol. The second-order valence-electron chi connectivity index (χ2n) is 33.9. The van der Waals surface area contributed by atoms with Crippen LogP contribution < -0.4 is 0 Å². The van der Waals surface area contributed by atoms with Gasteiger partial charge < -0.3 is 88.7 Å². The molecule has 3 aliphatic rings. The first-order chi connectivity index (χ1) is 56.7. The van der Waals surface area contributed by atoms with E-state index in [9.17, 15) is 74.6 Å². The van der Waals surface area contributed by atoms with Crippen molar-refractivity contribution in [2.24, 2.45) is 0 Å². The molecule has 3 fully saturated rings. The van der Waals surface area contributed by atoms with Crippen LogP contribution in [0.25, 0.3) is 0 Å². The van der Waals surface area contributed by atoms with E-state index in [0.717, 1.165) is 148 Å². The van der Waals surface area contributed by atoms with Crippen molar-refractivity contribution in [1.82, 2.24) is 0 Å². The first-order valence-corrected chi connectivity index (χ1v) is 48.9. The molecule has 2 aliphatic heterocycles. The maximum Gasteiger partial charge on any atom is 0.472 e. The van der Waals surface area contributed by atoms with E-state index in [1.54, 1.807) is 0 Å². The summed E-state index contributed by atoms with van der Waals surface area (Å²) in [5.74, 6) is -2.95. The van der Waals surface area contributed by atoms with Crippen molar-refractivity contribution in [3.63, 3.8) is 0 Å². The summed E-state index contributed by atoms with van der Waals surface area (Å²) < 4.78 is 73.4. The molecular weight excluding hydrogens is 1520 g/mol. The molecule has 0 bridgehead atoms. The minimum atomic E-state index is -5.80. The predicted octanol–water partition coefficient (Wildman–Crippen LogP) is 17.6. The van der Waals surface area contributed by atoms with Crippen LogP contribution >= 0.6 is 7.82 Å². The number of rotatable bonds is 77. The number of aliphatic hydroxyl groups is 9. The van der Waals surface area contributed by atoms with Crippen LogP contribution in [0.5, 0.6) is 0 Å². The molecular formula is C91H169O25P. The molecule has 25 nitrogen and oxygen atoms in total. The SMILES string of the molecule is CCCCCC/C=C\CCCCCCCCCC(=O)OCC1OC(OC2C(OC(=O)CCCCCCCCCCCCCCC)C(O)C(O)C(OC3OC(CO)C(O)C(O)C3O)C2OP(=O)(O)OCC(COC(=O)CCCCCCCCCCCCCCCCC)OC(=O)CCCCCCCCCCCCCCCCC)C(O)C(O)C1O. The lowest BCUT2D eigenvalue weighted by Crippen LogP contribution is -2.70. The zero-order valence-corrected chi connectivity index (χ0v) is 74.2. The van der Waals surface area contributed by atoms with Gasteiger partial charge in [0.15, 0.2) is 24.8 Å². The number of phosphoric ester groups is 1. The number of unbranched alkanes of at least 4 members (excludes halogenated alkanes) is 51. The van der Waals surface area contributed by atoms with Crippen molar-refractivity contribution >= 4 is 31.7 Å². The Balaban J connectivity index is 1.91. The second-order valence-corrected chi connectivity index (χ2v) is 35.3. The first kappa shape index (κ1) is 108. The molecule has 1 aliphatic carbocycles. The van der Waals surface area contributed by atoms with Gasteiger partial charge in [-0.3, -0.25) is 28.2 Å². The Kier molecular flexibility index (Phi) is 65.3. The number of carbonyl (C=O) groups is 4. The third-order valence-electron chi connectivity index (χ3n) is 23.3. The molecule has 117 heavy (non-hydrogen) atoms. The zero-order chi connectivity index (χ0) is 85.4. The first-order valence-electron chi connectivity index (χ1n) is 47.4. The number of hydrogen-bond acceptors (Lipinski definition) is 24. The van der Waals surface area contributed by atoms with Crippen LogP contribution in [0, 0.1) is 0 Å². The third kappa shape index (κ3) is 50.7. The Hall–Kier alpha value is -2.79. The average Bonchev–Trinajstić information content (AvgIpc) is 0.753. The van der Waals surface area contributed by atoms with Crippen LogP contribution in [0.15, 0.2) is 12.2 Å². The van der Waals surface area contributed by atoms with Crippen LogP contribution in [0.4, 0.5) is 0 Å². The molecule has 3 rings (SSSR count). The van der Waals surface area contributed by atoms with Crippen molar-refractivity contribution in [1.29, 1.82) is 0 Å². The third-order valence-corrected chi connectivity index (χ3v) is 24.3. The fourth-order valence-corrected chi connectivity index (χ4v) is 16.7. The lowest BCUT2D eigenvalue weighted by Gasteiger charge is -2.50. The number of carbonyl (C=O) groups excluding carboxylic acids is 4. The van der Waals surface area contributed by atoms with Crippen LogP contribution in [-0.4, -0.2) is 205 Å². The molecule has 0 aromatic rings. The highest BCUT2D eigenvalue weighted by atomic mass is 31.2. The van der Waals surface area contributed by atoms with Crippen LogP contribution in [0.1, 0.15) is 413 Å². The number of esters is 4. The van der Waals surface area contributed by atoms with Crippen molar-refractivity contribution in [2.75, 3.05) is 26.4 Å². The number of ether oxygens (including phenoxy) is 8. The molecule has 18 unspecified atom stereocenters. The molecule has 0 radical (unpaired) electrons. The van der Waals surface area contributed by atoms with Gasteiger partial charge in [0.1, 0.15) is 92.6 Å². The van der Waals surface area contributed by atoms with E-state index < -0.39 is 162 Å². The normalized spacial score (nSPS) is 25.0. The summed E-state index contributed by atoms with van der Waals surface area (Å²) >= 11 is 0. The fraction of sp³-hybridized carbons (Fsp3) is 0.934. The van der Waals surface area contributed by atoms with E-state index in [1.807, 2.05) is 0 Å². The van der Waals surface area contributed by atoms with E-state index in [1.165, 1.54) is 180 Å². The number of hydrogen-bond donors (Lipinski definition) is 10. The number of phosphoric acid groups is 1. The highest BCUT2D eigenvalue weighted by Crippen LogP contribution is 2.49. The Bertz CT molecular complexity index is 2480. The summed E-state index contributed by atoms with van der Waals surface area (Å²) in [5.41, 5.74) is 0. The lowest BCUT2D eigenvalue weighted by molar-refractivity contribution is -0.360. The summed E-state index contributed by atoms with van der Waals surface area (Å²) in [4.78, 5) is 66.5. The maximum absolute atomic E-state index is 14.9. The molecule has 1 saturated carbocycles. The highest BCUT2D eigenvalue weighted by molar-refractivity contribution is 7.47. The average molecular weight is 1690 g/mol. The maximum atomic E-state index is 14.9. The van der Waals surface area contributed by atoms with Gasteiger partial charge in [-0.05, 0) is 51.4 Å². The molecule has 10 N–H and O–H groups in total. The van der Waals surface area contributed by atoms with Crippen LogP contribution in [0.3, 0.4) is 0 Å². The standard InChI is InChI=1S/C91H169O25P/c1-5-9-13-17-21-25-29-33-36-40-43-47-51-55-59-63-74(93)107-68-71(110-76(95)65-61-57-53-49-46-42-38-35-31-27-23-19-15-11-7-3)69-109-117(105,106)116-89-87(114-90-84(103)80(99)78(97)72(67-92)111-90)83(102)82(101)86(113-77(96)66-62-58-54-50-45-39-32-28-24-20-16-12-8-4)88(89)115-91-85(104)81(100)79(98)73(112-91)70-108-75(94)64-60-56-52-48-44-41-37-34-30-26-22-18-14-10-6-2/h26,30,71-73,78-92,97-104H,5-25,27-29,31-70H2,1-4H3,(H,105,106)/b30-26-. The molecule has 18 atom stereocenters. The largest absolute Gasteiger partial charge is 0.472 e. The molecule has 0 aromatic heterocycles. The smallest absolute Gasteiger partial charge is 0.463 e. The molecule has 2 heterocycles. The Morgan fingerprint density at radius 1 is 0.333 bits per heavy atom. The van der Waals surface area contributed by atoms with Gasteiger partial charge in [0, 0.05) is 25.7 Å². The fourth-order valence-electron chi connectivity index (χ4n) is 15.7. The molecule has 688 valence electrons. The van der Waals surface area contributed by atoms with Gasteiger partial charge in [0.2, 0.25) is 0 Å². The summed E-state index contributed by atoms with van der Waals surface area (Å²) in [6.07, 6.45) is 29.1. The Morgan fingerprint density at radius 3 is 1.03 bits per heavy atom. The van der Waals surface area contributed by atoms with Crippen LogP contribution in [0.2, 0.25) is 0 Å². The van der Waals surface area contributed by atoms with Crippen molar-refractivity contribution < 1.29 is 122 Å². The van der Waals surface area contributed by atoms with E-state index in [0.29, 0.717) is 32.1 Å². The van der Waals surface area contributed by atoms with Gasteiger partial charge in [0.25, 0.3) is 0 Å². The van der Waals surface area contributed by atoms with E-state index in [4.69, 9.17) is 46.9 Å². The highest BCUT2D eigenvalue weighted by Gasteiger charge is 2.60. The Labute approximate surface area is 705 Å². The van der Waals surface area contributed by atoms with E-state index >= 15 is 0 Å². The van der Waals surface area contributed by atoms with Gasteiger partial charge in [0.05, 0.1) is 13.2 Å². The molecule has 0 amide bonds. The molecule has 0 spiro atoms. The number of aliphatic hydroxyl groups excluding tert-OH is 9. The quantitative estimate of drug-likeness (QED) is 0.00889. The molecule has 26 heteroatoms. The van der Waals surface area contributed by atoms with Crippen molar-refractivity contribution in [2.45, 2.75) is 517 Å². The van der Waals surface area contributed by atoms with Gasteiger partial charge in [-0.2, -0.15) is 0 Å².